The van der Waals surface area contributed by atoms with Crippen molar-refractivity contribution in [1.29, 1.82) is 0 Å². The normalized spacial score (nSPS) is 13.8. The second kappa shape index (κ2) is 10.0. The van der Waals surface area contributed by atoms with Gasteiger partial charge >= 0.3 is 0 Å². The molecule has 1 heterocycles. The maximum Gasteiger partial charge on any atom is 0.264 e. The third-order valence-electron chi connectivity index (χ3n) is 4.90. The molecule has 10 nitrogen and oxygen atoms in total. The number of rotatable bonds is 8. The van der Waals surface area contributed by atoms with Crippen molar-refractivity contribution in [2.45, 2.75) is 19.9 Å². The maximum absolute atomic E-state index is 13.3. The van der Waals surface area contributed by atoms with Crippen LogP contribution in [0.15, 0.2) is 36.4 Å². The summed E-state index contributed by atoms with van der Waals surface area (Å²) in [6.07, 6.45) is 1.04. The maximum atomic E-state index is 13.3. The second-order valence-corrected chi connectivity index (χ2v) is 9.53. The first-order valence-corrected chi connectivity index (χ1v) is 11.9. The number of anilines is 1. The molecule has 1 aliphatic heterocycles. The summed E-state index contributed by atoms with van der Waals surface area (Å²) < 4.78 is 35.3. The van der Waals surface area contributed by atoms with Gasteiger partial charge in [0.2, 0.25) is 5.91 Å². The van der Waals surface area contributed by atoms with Crippen molar-refractivity contribution in [3.8, 4) is 11.5 Å². The van der Waals surface area contributed by atoms with Gasteiger partial charge in [0.25, 0.3) is 11.8 Å². The van der Waals surface area contributed by atoms with Crippen LogP contribution in [0.2, 0.25) is 0 Å². The van der Waals surface area contributed by atoms with Gasteiger partial charge in [-0.1, -0.05) is 12.1 Å². The molecule has 0 bridgehead atoms. The molecule has 0 fully saturated rings. The lowest BCUT2D eigenvalue weighted by molar-refractivity contribution is -0.114. The Morgan fingerprint density at radius 3 is 2.39 bits per heavy atom. The van der Waals surface area contributed by atoms with Crippen LogP contribution in [-0.4, -0.2) is 62.2 Å². The topological polar surface area (TPSA) is 151 Å². The molecule has 3 N–H and O–H groups in total. The molecule has 1 atom stereocenters. The molecule has 0 aliphatic carbocycles. The number of sulfone groups is 1. The monoisotopic (exact) mass is 478 g/mol. The van der Waals surface area contributed by atoms with Gasteiger partial charge in [0.1, 0.15) is 9.84 Å². The molecular weight excluding hydrogens is 452 g/mol. The Kier molecular flexibility index (Phi) is 7.83. The molecule has 2 aromatic rings. The number of nitrogens with one attached hydrogen (secondary N) is 1. The smallest absolute Gasteiger partial charge is 0.264 e. The zero-order chi connectivity index (χ0) is 23.6. The number of hydrogen-bond acceptors (Lipinski definition) is 7. The molecule has 0 unspecified atom stereocenters. The summed E-state index contributed by atoms with van der Waals surface area (Å²) >= 11 is 0. The highest BCUT2D eigenvalue weighted by Gasteiger charge is 2.43. The van der Waals surface area contributed by atoms with E-state index in [0.717, 1.165) is 11.2 Å². The molecule has 0 saturated heterocycles. The number of carbonyl (C=O) groups is 3. The van der Waals surface area contributed by atoms with Crippen LogP contribution in [-0.2, 0) is 14.6 Å². The van der Waals surface area contributed by atoms with E-state index in [2.05, 4.69) is 5.32 Å². The van der Waals surface area contributed by atoms with Crippen LogP contribution < -0.4 is 14.8 Å². The van der Waals surface area contributed by atoms with Crippen molar-refractivity contribution in [2.75, 3.05) is 31.0 Å². The SMILES string of the molecule is CCOc1cc([C@@H](CS(C)(=O)=O)N2C(=O)c3cccc(NC(C)=O)c3C2=O)ccc1OC.O. The highest BCUT2D eigenvalue weighted by molar-refractivity contribution is 7.90. The molecule has 0 radical (unpaired) electrons. The molecule has 0 aromatic heterocycles. The van der Waals surface area contributed by atoms with Crippen molar-refractivity contribution in [3.05, 3.63) is 53.1 Å². The number of methoxy groups -OCH3 is 1. The summed E-state index contributed by atoms with van der Waals surface area (Å²) in [5.41, 5.74) is 0.719. The van der Waals surface area contributed by atoms with Crippen molar-refractivity contribution < 1.29 is 37.8 Å². The molecule has 1 aliphatic rings. The van der Waals surface area contributed by atoms with Crippen molar-refractivity contribution in [2.24, 2.45) is 0 Å². The summed E-state index contributed by atoms with van der Waals surface area (Å²) in [5.74, 6) is -1.41. The Morgan fingerprint density at radius 2 is 1.82 bits per heavy atom. The van der Waals surface area contributed by atoms with E-state index >= 15 is 0 Å². The average molecular weight is 479 g/mol. The van der Waals surface area contributed by atoms with Gasteiger partial charge in [0.05, 0.1) is 42.3 Å². The van der Waals surface area contributed by atoms with E-state index in [0.29, 0.717) is 23.7 Å². The summed E-state index contributed by atoms with van der Waals surface area (Å²) in [6.45, 7) is 3.41. The summed E-state index contributed by atoms with van der Waals surface area (Å²) in [6, 6.07) is 8.18. The molecule has 178 valence electrons. The van der Waals surface area contributed by atoms with Gasteiger partial charge in [-0.15, -0.1) is 0 Å². The molecule has 33 heavy (non-hydrogen) atoms. The van der Waals surface area contributed by atoms with Gasteiger partial charge in [0, 0.05) is 13.2 Å². The minimum atomic E-state index is -3.60. The summed E-state index contributed by atoms with van der Waals surface area (Å²) in [4.78, 5) is 39.1. The van der Waals surface area contributed by atoms with E-state index in [1.54, 1.807) is 31.2 Å². The fourth-order valence-corrected chi connectivity index (χ4v) is 4.57. The summed E-state index contributed by atoms with van der Waals surface area (Å²) in [7, 11) is -2.13. The van der Waals surface area contributed by atoms with Crippen molar-refractivity contribution >= 4 is 33.2 Å². The predicted molar refractivity (Wildman–Crippen MR) is 121 cm³/mol. The number of amides is 3. The van der Waals surface area contributed by atoms with Crippen LogP contribution in [0.25, 0.3) is 0 Å². The Hall–Kier alpha value is -3.44. The zero-order valence-electron chi connectivity index (χ0n) is 18.7. The quantitative estimate of drug-likeness (QED) is 0.566. The fraction of sp³-hybridized carbons (Fsp3) is 0.318. The number of imide groups is 1. The highest BCUT2D eigenvalue weighted by Crippen LogP contribution is 2.38. The first-order valence-electron chi connectivity index (χ1n) is 9.84. The van der Waals surface area contributed by atoms with E-state index < -0.39 is 39.4 Å². The van der Waals surface area contributed by atoms with E-state index in [1.165, 1.54) is 26.2 Å². The number of benzene rings is 2. The minimum absolute atomic E-state index is 0. The number of hydrogen-bond donors (Lipinski definition) is 1. The molecule has 3 rings (SSSR count). The van der Waals surface area contributed by atoms with Gasteiger partial charge in [-0.25, -0.2) is 8.42 Å². The zero-order valence-corrected chi connectivity index (χ0v) is 19.5. The Labute approximate surface area is 191 Å². The Bertz CT molecular complexity index is 1190. The molecular formula is C22H26N2O8S. The number of ether oxygens (including phenoxy) is 2. The number of fused-ring (bicyclic) bond motifs is 1. The van der Waals surface area contributed by atoms with Crippen LogP contribution >= 0.6 is 0 Å². The van der Waals surface area contributed by atoms with Crippen LogP contribution in [0.4, 0.5) is 5.69 Å². The first-order chi connectivity index (χ1) is 15.1. The average Bonchev–Trinajstić information content (AvgIpc) is 2.96. The Morgan fingerprint density at radius 1 is 1.12 bits per heavy atom. The fourth-order valence-electron chi connectivity index (χ4n) is 3.66. The van der Waals surface area contributed by atoms with E-state index in [1.807, 2.05) is 0 Å². The molecule has 3 amide bonds. The van der Waals surface area contributed by atoms with E-state index in [9.17, 15) is 22.8 Å². The summed E-state index contributed by atoms with van der Waals surface area (Å²) in [5, 5.41) is 2.55. The third kappa shape index (κ3) is 5.32. The first kappa shape index (κ1) is 25.8. The largest absolute Gasteiger partial charge is 0.493 e. The lowest BCUT2D eigenvalue weighted by atomic mass is 10.1. The minimum Gasteiger partial charge on any atom is -0.493 e. The predicted octanol–water partition coefficient (Wildman–Crippen LogP) is 1.61. The number of nitrogens with zero attached hydrogens (tertiary/aromatic N) is 1. The van der Waals surface area contributed by atoms with Crippen LogP contribution in [0.3, 0.4) is 0 Å². The molecule has 0 spiro atoms. The lowest BCUT2D eigenvalue weighted by Crippen LogP contribution is -2.37. The lowest BCUT2D eigenvalue weighted by Gasteiger charge is -2.27. The highest BCUT2D eigenvalue weighted by atomic mass is 32.2. The standard InChI is InChI=1S/C22H24N2O7S.H2O/c1-5-31-19-11-14(9-10-18(19)30-3)17(12-32(4,28)29)24-21(26)15-7-6-8-16(23-13(2)25)20(15)22(24)27;/h6-11,17H,5,12H2,1-4H3,(H,23,25);1H2/t17-;/m1./s1. The van der Waals surface area contributed by atoms with Crippen molar-refractivity contribution in [3.63, 3.8) is 0 Å². The molecule has 0 saturated carbocycles. The second-order valence-electron chi connectivity index (χ2n) is 7.34. The molecule has 11 heteroatoms. The van der Waals surface area contributed by atoms with Gasteiger partial charge < -0.3 is 20.3 Å². The van der Waals surface area contributed by atoms with E-state index in [-0.39, 0.29) is 22.3 Å². The molecule has 2 aromatic carbocycles. The van der Waals surface area contributed by atoms with Crippen molar-refractivity contribution in [1.82, 2.24) is 4.90 Å². The van der Waals surface area contributed by atoms with Gasteiger partial charge in [-0.3, -0.25) is 19.3 Å². The third-order valence-corrected chi connectivity index (χ3v) is 5.82. The number of carbonyl (C=O) groups excluding carboxylic acids is 3. The van der Waals surface area contributed by atoms with Crippen LogP contribution in [0, 0.1) is 0 Å². The van der Waals surface area contributed by atoms with Gasteiger partial charge in [-0.2, -0.15) is 0 Å². The van der Waals surface area contributed by atoms with Crippen LogP contribution in [0.1, 0.15) is 46.2 Å². The van der Waals surface area contributed by atoms with Gasteiger partial charge in [0.15, 0.2) is 11.5 Å². The van der Waals surface area contributed by atoms with Crippen LogP contribution in [0.5, 0.6) is 11.5 Å². The van der Waals surface area contributed by atoms with E-state index in [4.69, 9.17) is 9.47 Å². The van der Waals surface area contributed by atoms with Gasteiger partial charge in [-0.05, 0) is 36.8 Å². The Balaban J connectivity index is 0.00000385.